The second-order valence-corrected chi connectivity index (χ2v) is 4.02. The molecule has 0 atom stereocenters. The first-order chi connectivity index (χ1) is 6.97. The van der Waals surface area contributed by atoms with E-state index in [-0.39, 0.29) is 0 Å². The van der Waals surface area contributed by atoms with Gasteiger partial charge in [-0.1, -0.05) is 23.3 Å². The van der Waals surface area contributed by atoms with Crippen LogP contribution in [-0.2, 0) is 4.74 Å². The zero-order valence-electron chi connectivity index (χ0n) is 9.10. The molecule has 0 unspecified atom stereocenters. The Hall–Kier alpha value is -1.71. The molecule has 0 saturated carbocycles. The van der Waals surface area contributed by atoms with Crippen molar-refractivity contribution in [2.75, 3.05) is 0 Å². The molecule has 0 spiro atoms. The summed E-state index contributed by atoms with van der Waals surface area (Å²) in [5.74, 6) is 0. The Kier molecular flexibility index (Phi) is 3.55. The van der Waals surface area contributed by atoms with Gasteiger partial charge in [0, 0.05) is 0 Å². The SMILES string of the molecule is CC(C)(C)OC(=O)N=Nc1ccccc1. The zero-order chi connectivity index (χ0) is 11.3. The number of benzene rings is 1. The molecule has 0 heterocycles. The number of azo groups is 1. The molecule has 1 rings (SSSR count). The predicted octanol–water partition coefficient (Wildman–Crippen LogP) is 3.71. The Bertz CT molecular complexity index is 353. The molecule has 1 amide bonds. The van der Waals surface area contributed by atoms with Crippen LogP contribution >= 0.6 is 0 Å². The van der Waals surface area contributed by atoms with Crippen molar-refractivity contribution in [3.8, 4) is 0 Å². The van der Waals surface area contributed by atoms with Gasteiger partial charge >= 0.3 is 6.09 Å². The van der Waals surface area contributed by atoms with Gasteiger partial charge in [-0.2, -0.15) is 0 Å². The summed E-state index contributed by atoms with van der Waals surface area (Å²) in [6.07, 6.45) is -0.675. The molecule has 15 heavy (non-hydrogen) atoms. The largest absolute Gasteiger partial charge is 0.452 e. The van der Waals surface area contributed by atoms with E-state index in [0.29, 0.717) is 5.69 Å². The molecule has 4 heteroatoms. The topological polar surface area (TPSA) is 51.0 Å². The monoisotopic (exact) mass is 206 g/mol. The number of hydrogen-bond donors (Lipinski definition) is 0. The minimum Gasteiger partial charge on any atom is -0.441 e. The second kappa shape index (κ2) is 4.68. The fourth-order valence-electron chi connectivity index (χ4n) is 0.876. The molecule has 0 aliphatic carbocycles. The molecule has 1 aromatic rings. The van der Waals surface area contributed by atoms with Gasteiger partial charge in [-0.3, -0.25) is 0 Å². The summed E-state index contributed by atoms with van der Waals surface area (Å²) >= 11 is 0. The Balaban J connectivity index is 2.56. The predicted molar refractivity (Wildman–Crippen MR) is 57.2 cm³/mol. The van der Waals surface area contributed by atoms with Crippen LogP contribution in [0.1, 0.15) is 20.8 Å². The van der Waals surface area contributed by atoms with E-state index in [1.54, 1.807) is 32.9 Å². The Morgan fingerprint density at radius 2 is 1.80 bits per heavy atom. The van der Waals surface area contributed by atoms with E-state index in [9.17, 15) is 4.79 Å². The highest BCUT2D eigenvalue weighted by molar-refractivity contribution is 5.68. The van der Waals surface area contributed by atoms with Crippen LogP contribution in [0, 0.1) is 0 Å². The van der Waals surface area contributed by atoms with Gasteiger partial charge in [0.05, 0.1) is 5.69 Å². The number of hydrogen-bond acceptors (Lipinski definition) is 3. The van der Waals surface area contributed by atoms with Crippen molar-refractivity contribution in [1.82, 2.24) is 0 Å². The lowest BCUT2D eigenvalue weighted by Gasteiger charge is -2.16. The van der Waals surface area contributed by atoms with Crippen LogP contribution in [0.15, 0.2) is 40.6 Å². The number of amides is 1. The number of carbonyl (C=O) groups excluding carboxylic acids is 1. The zero-order valence-corrected chi connectivity index (χ0v) is 9.10. The van der Waals surface area contributed by atoms with Crippen LogP contribution in [-0.4, -0.2) is 11.7 Å². The van der Waals surface area contributed by atoms with Crippen LogP contribution in [0.5, 0.6) is 0 Å². The molecular formula is C11H14N2O2. The lowest BCUT2D eigenvalue weighted by molar-refractivity contribution is 0.0592. The number of rotatable bonds is 1. The highest BCUT2D eigenvalue weighted by Crippen LogP contribution is 2.12. The third-order valence-corrected chi connectivity index (χ3v) is 1.40. The summed E-state index contributed by atoms with van der Waals surface area (Å²) in [5, 5.41) is 7.18. The summed E-state index contributed by atoms with van der Waals surface area (Å²) in [6, 6.07) is 9.03. The summed E-state index contributed by atoms with van der Waals surface area (Å²) < 4.78 is 4.96. The van der Waals surface area contributed by atoms with E-state index in [4.69, 9.17) is 4.74 Å². The maximum absolute atomic E-state index is 11.1. The fraction of sp³-hybridized carbons (Fsp3) is 0.364. The van der Waals surface area contributed by atoms with Gasteiger partial charge in [-0.15, -0.1) is 5.11 Å². The molecule has 0 bridgehead atoms. The van der Waals surface area contributed by atoms with E-state index < -0.39 is 11.7 Å². The van der Waals surface area contributed by atoms with E-state index >= 15 is 0 Å². The van der Waals surface area contributed by atoms with E-state index in [2.05, 4.69) is 10.2 Å². The van der Waals surface area contributed by atoms with Crippen LogP contribution in [0.4, 0.5) is 10.5 Å². The minimum atomic E-state index is -0.675. The van der Waals surface area contributed by atoms with Crippen molar-refractivity contribution in [3.05, 3.63) is 30.3 Å². The van der Waals surface area contributed by atoms with E-state index in [1.165, 1.54) is 0 Å². The average molecular weight is 206 g/mol. The number of carbonyl (C=O) groups is 1. The van der Waals surface area contributed by atoms with Gasteiger partial charge in [0.25, 0.3) is 0 Å². The second-order valence-electron chi connectivity index (χ2n) is 4.02. The van der Waals surface area contributed by atoms with Gasteiger partial charge in [-0.05, 0) is 32.9 Å². The standard InChI is InChI=1S/C11H14N2O2/c1-11(2,3)15-10(14)13-12-9-7-5-4-6-8-9/h4-8H,1-3H3. The third-order valence-electron chi connectivity index (χ3n) is 1.40. The van der Waals surface area contributed by atoms with Gasteiger partial charge < -0.3 is 4.74 Å². The van der Waals surface area contributed by atoms with Gasteiger partial charge in [0.15, 0.2) is 0 Å². The molecule has 0 aliphatic heterocycles. The first-order valence-electron chi connectivity index (χ1n) is 4.67. The fourth-order valence-corrected chi connectivity index (χ4v) is 0.876. The maximum Gasteiger partial charge on any atom is 0.452 e. The molecule has 0 radical (unpaired) electrons. The molecule has 0 aliphatic rings. The highest BCUT2D eigenvalue weighted by Gasteiger charge is 2.15. The Labute approximate surface area is 89.0 Å². The normalized spacial score (nSPS) is 11.7. The summed E-state index contributed by atoms with van der Waals surface area (Å²) in [6.45, 7) is 5.34. The van der Waals surface area contributed by atoms with E-state index in [0.717, 1.165) is 0 Å². The Morgan fingerprint density at radius 3 is 2.33 bits per heavy atom. The quantitative estimate of drug-likeness (QED) is 0.657. The van der Waals surface area contributed by atoms with Gasteiger partial charge in [-0.25, -0.2) is 4.79 Å². The summed E-state index contributed by atoms with van der Waals surface area (Å²) in [7, 11) is 0. The van der Waals surface area contributed by atoms with Crippen LogP contribution in [0.25, 0.3) is 0 Å². The molecule has 80 valence electrons. The van der Waals surface area contributed by atoms with Gasteiger partial charge in [0.1, 0.15) is 5.60 Å². The first-order valence-corrected chi connectivity index (χ1v) is 4.67. The van der Waals surface area contributed by atoms with Crippen molar-refractivity contribution >= 4 is 11.8 Å². The third kappa shape index (κ3) is 4.90. The smallest absolute Gasteiger partial charge is 0.441 e. The molecule has 0 aromatic heterocycles. The van der Waals surface area contributed by atoms with Crippen LogP contribution < -0.4 is 0 Å². The number of nitrogens with zero attached hydrogens (tertiary/aromatic N) is 2. The molecule has 0 N–H and O–H groups in total. The highest BCUT2D eigenvalue weighted by atomic mass is 16.6. The van der Waals surface area contributed by atoms with Crippen molar-refractivity contribution in [1.29, 1.82) is 0 Å². The van der Waals surface area contributed by atoms with Gasteiger partial charge in [0.2, 0.25) is 0 Å². The summed E-state index contributed by atoms with van der Waals surface area (Å²) in [4.78, 5) is 11.1. The Morgan fingerprint density at radius 1 is 1.20 bits per heavy atom. The maximum atomic E-state index is 11.1. The van der Waals surface area contributed by atoms with Crippen molar-refractivity contribution < 1.29 is 9.53 Å². The van der Waals surface area contributed by atoms with E-state index in [1.807, 2.05) is 18.2 Å². The van der Waals surface area contributed by atoms with Crippen LogP contribution in [0.3, 0.4) is 0 Å². The number of ether oxygens (including phenoxy) is 1. The first kappa shape index (κ1) is 11.4. The average Bonchev–Trinajstić information content (AvgIpc) is 2.14. The summed E-state index contributed by atoms with van der Waals surface area (Å²) in [5.41, 5.74) is 0.0932. The van der Waals surface area contributed by atoms with Crippen molar-refractivity contribution in [2.24, 2.45) is 10.2 Å². The molecular weight excluding hydrogens is 192 g/mol. The lowest BCUT2D eigenvalue weighted by atomic mass is 10.2. The molecule has 0 saturated heterocycles. The molecule has 4 nitrogen and oxygen atoms in total. The molecule has 0 fully saturated rings. The van der Waals surface area contributed by atoms with Crippen molar-refractivity contribution in [2.45, 2.75) is 26.4 Å². The van der Waals surface area contributed by atoms with Crippen molar-refractivity contribution in [3.63, 3.8) is 0 Å². The lowest BCUT2D eigenvalue weighted by Crippen LogP contribution is -2.21. The van der Waals surface area contributed by atoms with Crippen LogP contribution in [0.2, 0.25) is 0 Å². The molecule has 1 aromatic carbocycles. The minimum absolute atomic E-state index is 0.535.